The minimum atomic E-state index is -0.280. The van der Waals surface area contributed by atoms with Gasteiger partial charge in [0.25, 0.3) is 0 Å². The normalized spacial score (nSPS) is 9.95. The molecule has 0 unspecified atom stereocenters. The van der Waals surface area contributed by atoms with E-state index >= 15 is 0 Å². The highest BCUT2D eigenvalue weighted by Crippen LogP contribution is 2.13. The third-order valence-corrected chi connectivity index (χ3v) is 3.18. The third-order valence-electron chi connectivity index (χ3n) is 3.18. The quantitative estimate of drug-likeness (QED) is 0.852. The van der Waals surface area contributed by atoms with E-state index in [9.17, 15) is 9.18 Å². The van der Waals surface area contributed by atoms with Crippen molar-refractivity contribution in [1.82, 2.24) is 0 Å². The predicted molar refractivity (Wildman–Crippen MR) is 82.7 cm³/mol. The second-order valence-electron chi connectivity index (χ2n) is 4.87. The van der Waals surface area contributed by atoms with Crippen LogP contribution in [0.25, 0.3) is 0 Å². The van der Waals surface area contributed by atoms with Gasteiger partial charge in [0.15, 0.2) is 5.78 Å². The molecule has 0 aliphatic rings. The first-order valence-electron chi connectivity index (χ1n) is 6.66. The zero-order valence-corrected chi connectivity index (χ0v) is 11.8. The van der Waals surface area contributed by atoms with Crippen LogP contribution < -0.4 is 5.32 Å². The monoisotopic (exact) mass is 281 g/mol. The summed E-state index contributed by atoms with van der Waals surface area (Å²) in [6, 6.07) is 12.1. The fourth-order valence-electron chi connectivity index (χ4n) is 1.91. The van der Waals surface area contributed by atoms with E-state index in [4.69, 9.17) is 6.42 Å². The highest BCUT2D eigenvalue weighted by atomic mass is 19.1. The Balaban J connectivity index is 1.89. The molecule has 0 heterocycles. The van der Waals surface area contributed by atoms with Crippen LogP contribution in [0.5, 0.6) is 0 Å². The van der Waals surface area contributed by atoms with Crippen LogP contribution in [0, 0.1) is 25.1 Å². The molecule has 106 valence electrons. The largest absolute Gasteiger partial charge is 0.378 e. The molecule has 1 N–H and O–H groups in total. The van der Waals surface area contributed by atoms with E-state index in [2.05, 4.69) is 11.2 Å². The molecule has 0 radical (unpaired) electrons. The van der Waals surface area contributed by atoms with Gasteiger partial charge >= 0.3 is 0 Å². The van der Waals surface area contributed by atoms with Crippen molar-refractivity contribution >= 4 is 11.5 Å². The summed E-state index contributed by atoms with van der Waals surface area (Å²) < 4.78 is 13.4. The topological polar surface area (TPSA) is 29.1 Å². The van der Waals surface area contributed by atoms with Crippen LogP contribution in [0.4, 0.5) is 10.1 Å². The molecular weight excluding hydrogens is 265 g/mol. The smallest absolute Gasteiger partial charge is 0.156 e. The number of aryl methyl sites for hydroxylation is 1. The summed E-state index contributed by atoms with van der Waals surface area (Å²) in [5.41, 5.74) is 2.89. The van der Waals surface area contributed by atoms with E-state index in [1.165, 1.54) is 6.07 Å². The molecule has 2 nitrogen and oxygen atoms in total. The van der Waals surface area contributed by atoms with Gasteiger partial charge in [0.1, 0.15) is 5.82 Å². The SMILES string of the molecule is C#Cc1ccc(CC(=O)CNc2ccc(C)c(F)c2)cc1. The number of Topliss-reactive ketones (excluding diaryl/α,β-unsaturated/α-hetero) is 1. The Hall–Kier alpha value is -2.60. The van der Waals surface area contributed by atoms with Crippen molar-refractivity contribution in [2.75, 3.05) is 11.9 Å². The number of terminal acetylenes is 1. The van der Waals surface area contributed by atoms with Gasteiger partial charge in [-0.05, 0) is 42.3 Å². The fraction of sp³-hybridized carbons (Fsp3) is 0.167. The lowest BCUT2D eigenvalue weighted by molar-refractivity contribution is -0.116. The third kappa shape index (κ3) is 4.19. The molecular formula is C18H16FNO. The van der Waals surface area contributed by atoms with E-state index in [-0.39, 0.29) is 18.1 Å². The number of halogens is 1. The van der Waals surface area contributed by atoms with E-state index in [1.54, 1.807) is 19.1 Å². The molecule has 0 fully saturated rings. The number of nitrogens with one attached hydrogen (secondary N) is 1. The Morgan fingerprint density at radius 2 is 1.95 bits per heavy atom. The maximum absolute atomic E-state index is 13.4. The van der Waals surface area contributed by atoms with Crippen LogP contribution in [0.2, 0.25) is 0 Å². The molecule has 0 saturated carbocycles. The molecule has 21 heavy (non-hydrogen) atoms. The van der Waals surface area contributed by atoms with Crippen LogP contribution in [0.3, 0.4) is 0 Å². The number of carbonyl (C=O) groups is 1. The molecule has 2 aromatic carbocycles. The van der Waals surface area contributed by atoms with Gasteiger partial charge in [-0.15, -0.1) is 6.42 Å². The lowest BCUT2D eigenvalue weighted by Gasteiger charge is -2.07. The first kappa shape index (κ1) is 14.8. The average Bonchev–Trinajstić information content (AvgIpc) is 2.49. The molecule has 0 aromatic heterocycles. The van der Waals surface area contributed by atoms with Gasteiger partial charge in [0.05, 0.1) is 6.54 Å². The van der Waals surface area contributed by atoms with Gasteiger partial charge in [-0.3, -0.25) is 4.79 Å². The van der Waals surface area contributed by atoms with Crippen molar-refractivity contribution in [3.8, 4) is 12.3 Å². The number of anilines is 1. The fourth-order valence-corrected chi connectivity index (χ4v) is 1.91. The van der Waals surface area contributed by atoms with Crippen molar-refractivity contribution in [3.05, 3.63) is 65.0 Å². The molecule has 0 saturated heterocycles. The maximum atomic E-state index is 13.4. The molecule has 0 amide bonds. The van der Waals surface area contributed by atoms with E-state index in [0.717, 1.165) is 11.1 Å². The van der Waals surface area contributed by atoms with Crippen molar-refractivity contribution in [2.24, 2.45) is 0 Å². The molecule has 0 atom stereocenters. The van der Waals surface area contributed by atoms with Crippen molar-refractivity contribution < 1.29 is 9.18 Å². The number of carbonyl (C=O) groups excluding carboxylic acids is 1. The zero-order valence-electron chi connectivity index (χ0n) is 11.8. The van der Waals surface area contributed by atoms with Gasteiger partial charge in [-0.1, -0.05) is 24.1 Å². The summed E-state index contributed by atoms with van der Waals surface area (Å²) in [4.78, 5) is 11.9. The Kier molecular flexibility index (Phi) is 4.73. The number of rotatable bonds is 5. The molecule has 0 aliphatic heterocycles. The van der Waals surface area contributed by atoms with Gasteiger partial charge in [0, 0.05) is 17.7 Å². The Morgan fingerprint density at radius 1 is 1.24 bits per heavy atom. The Bertz CT molecular complexity index is 683. The van der Waals surface area contributed by atoms with Crippen LogP contribution >= 0.6 is 0 Å². The standard InChI is InChI=1S/C18H16FNO/c1-3-14-5-7-15(8-6-14)10-17(21)12-20-16-9-4-13(2)18(19)11-16/h1,4-9,11,20H,10,12H2,2H3. The average molecular weight is 281 g/mol. The molecule has 2 rings (SSSR count). The number of hydrogen-bond acceptors (Lipinski definition) is 2. The highest BCUT2D eigenvalue weighted by molar-refractivity contribution is 5.85. The minimum absolute atomic E-state index is 0.0319. The van der Waals surface area contributed by atoms with Crippen molar-refractivity contribution in [2.45, 2.75) is 13.3 Å². The minimum Gasteiger partial charge on any atom is -0.378 e. The zero-order chi connectivity index (χ0) is 15.2. The van der Waals surface area contributed by atoms with Crippen LogP contribution in [0.15, 0.2) is 42.5 Å². The number of ketones is 1. The molecule has 0 spiro atoms. The number of hydrogen-bond donors (Lipinski definition) is 1. The lowest BCUT2D eigenvalue weighted by atomic mass is 10.1. The van der Waals surface area contributed by atoms with Crippen molar-refractivity contribution in [3.63, 3.8) is 0 Å². The van der Waals surface area contributed by atoms with Gasteiger partial charge in [-0.2, -0.15) is 0 Å². The van der Waals surface area contributed by atoms with Crippen LogP contribution in [-0.4, -0.2) is 12.3 Å². The summed E-state index contributed by atoms with van der Waals surface area (Å²) in [6.07, 6.45) is 5.60. The Morgan fingerprint density at radius 3 is 2.57 bits per heavy atom. The summed E-state index contributed by atoms with van der Waals surface area (Å²) in [7, 11) is 0. The second-order valence-corrected chi connectivity index (χ2v) is 4.87. The molecule has 3 heteroatoms. The van der Waals surface area contributed by atoms with Crippen LogP contribution in [0.1, 0.15) is 16.7 Å². The molecule has 0 aliphatic carbocycles. The van der Waals surface area contributed by atoms with Crippen LogP contribution in [-0.2, 0) is 11.2 Å². The second kappa shape index (κ2) is 6.71. The number of benzene rings is 2. The highest BCUT2D eigenvalue weighted by Gasteiger charge is 2.05. The van der Waals surface area contributed by atoms with Gasteiger partial charge in [0.2, 0.25) is 0 Å². The van der Waals surface area contributed by atoms with E-state index in [0.29, 0.717) is 17.7 Å². The summed E-state index contributed by atoms with van der Waals surface area (Å²) in [5, 5.41) is 2.93. The summed E-state index contributed by atoms with van der Waals surface area (Å²) >= 11 is 0. The lowest BCUT2D eigenvalue weighted by Crippen LogP contribution is -2.16. The first-order valence-corrected chi connectivity index (χ1v) is 6.66. The van der Waals surface area contributed by atoms with E-state index in [1.807, 2.05) is 24.3 Å². The molecule has 0 bridgehead atoms. The predicted octanol–water partition coefficient (Wildman–Crippen LogP) is 3.34. The maximum Gasteiger partial charge on any atom is 0.156 e. The summed E-state index contributed by atoms with van der Waals surface area (Å²) in [6.45, 7) is 1.86. The van der Waals surface area contributed by atoms with Gasteiger partial charge in [-0.25, -0.2) is 4.39 Å². The molecule has 2 aromatic rings. The van der Waals surface area contributed by atoms with Gasteiger partial charge < -0.3 is 5.32 Å². The first-order chi connectivity index (χ1) is 10.1. The summed E-state index contributed by atoms with van der Waals surface area (Å²) in [5.74, 6) is 2.28. The van der Waals surface area contributed by atoms with Crippen molar-refractivity contribution in [1.29, 1.82) is 0 Å². The van der Waals surface area contributed by atoms with E-state index < -0.39 is 0 Å². The Labute approximate surface area is 124 Å².